The van der Waals surface area contributed by atoms with Crippen LogP contribution in [0.3, 0.4) is 0 Å². The van der Waals surface area contributed by atoms with Crippen LogP contribution in [0, 0.1) is 29.5 Å². The van der Waals surface area contributed by atoms with E-state index in [2.05, 4.69) is 16.7 Å². The maximum atomic E-state index is 13.7. The number of aliphatic hydroxyl groups excluding tert-OH is 1. The van der Waals surface area contributed by atoms with Gasteiger partial charge in [0.05, 0.1) is 12.2 Å². The molecule has 1 saturated carbocycles. The van der Waals surface area contributed by atoms with E-state index in [4.69, 9.17) is 5.11 Å². The van der Waals surface area contributed by atoms with Crippen molar-refractivity contribution < 1.29 is 9.50 Å². The molecule has 3 rings (SSSR count). The monoisotopic (exact) mass is 287 g/mol. The van der Waals surface area contributed by atoms with Crippen molar-refractivity contribution in [2.75, 3.05) is 19.7 Å². The van der Waals surface area contributed by atoms with E-state index >= 15 is 0 Å². The molecule has 21 heavy (non-hydrogen) atoms. The fourth-order valence-electron chi connectivity index (χ4n) is 3.70. The van der Waals surface area contributed by atoms with Gasteiger partial charge in [0.1, 0.15) is 5.82 Å². The van der Waals surface area contributed by atoms with E-state index in [9.17, 15) is 4.39 Å². The molecule has 2 unspecified atom stereocenters. The van der Waals surface area contributed by atoms with Crippen molar-refractivity contribution >= 4 is 0 Å². The maximum absolute atomic E-state index is 13.7. The Morgan fingerprint density at radius 1 is 1.24 bits per heavy atom. The number of rotatable bonds is 3. The van der Waals surface area contributed by atoms with Gasteiger partial charge in [0, 0.05) is 26.1 Å². The summed E-state index contributed by atoms with van der Waals surface area (Å²) in [5.41, 5.74) is 1.57. The minimum absolute atomic E-state index is 0.0187. The van der Waals surface area contributed by atoms with Crippen LogP contribution in [-0.4, -0.2) is 29.7 Å². The van der Waals surface area contributed by atoms with E-state index in [0.29, 0.717) is 12.0 Å². The Bertz CT molecular complexity index is 548. The molecule has 1 aliphatic heterocycles. The van der Waals surface area contributed by atoms with Gasteiger partial charge in [-0.05, 0) is 42.4 Å². The van der Waals surface area contributed by atoms with Crippen LogP contribution in [0.25, 0.3) is 0 Å². The Balaban J connectivity index is 1.66. The largest absolute Gasteiger partial charge is 0.395 e. The number of hydrogen-bond donors (Lipinski definition) is 1. The van der Waals surface area contributed by atoms with E-state index in [-0.39, 0.29) is 12.4 Å². The van der Waals surface area contributed by atoms with Gasteiger partial charge in [-0.2, -0.15) is 0 Å². The summed E-state index contributed by atoms with van der Waals surface area (Å²) in [6.45, 7) is 3.29. The van der Waals surface area contributed by atoms with E-state index in [1.807, 2.05) is 12.1 Å². The highest BCUT2D eigenvalue weighted by molar-refractivity contribution is 5.38. The predicted molar refractivity (Wildman–Crippen MR) is 81.1 cm³/mol. The third-order valence-corrected chi connectivity index (χ3v) is 4.70. The molecule has 0 amide bonds. The molecule has 3 heteroatoms. The SMILES string of the molecule is OCCC#Cc1cc(CN2CC3CCCC3C2)ccc1F. The molecule has 1 saturated heterocycles. The molecule has 0 aromatic heterocycles. The summed E-state index contributed by atoms with van der Waals surface area (Å²) in [6.07, 6.45) is 4.54. The molecule has 0 radical (unpaired) electrons. The summed E-state index contributed by atoms with van der Waals surface area (Å²) >= 11 is 0. The van der Waals surface area contributed by atoms with Gasteiger partial charge in [0.15, 0.2) is 0 Å². The smallest absolute Gasteiger partial charge is 0.138 e. The van der Waals surface area contributed by atoms with Gasteiger partial charge in [-0.1, -0.05) is 24.3 Å². The Hall–Kier alpha value is -1.37. The second-order valence-electron chi connectivity index (χ2n) is 6.23. The average molecular weight is 287 g/mol. The van der Waals surface area contributed by atoms with Crippen molar-refractivity contribution in [2.45, 2.75) is 32.2 Å². The molecule has 2 atom stereocenters. The maximum Gasteiger partial charge on any atom is 0.138 e. The van der Waals surface area contributed by atoms with E-state index in [0.717, 1.165) is 23.9 Å². The van der Waals surface area contributed by atoms with Crippen LogP contribution in [0.5, 0.6) is 0 Å². The number of likely N-dealkylation sites (tertiary alicyclic amines) is 1. The van der Waals surface area contributed by atoms with E-state index < -0.39 is 0 Å². The zero-order valence-corrected chi connectivity index (χ0v) is 12.3. The predicted octanol–water partition coefficient (Wildman–Crippen LogP) is 2.79. The van der Waals surface area contributed by atoms with Crippen LogP contribution < -0.4 is 0 Å². The standard InChI is InChI=1S/C18H22FNO/c19-18-8-7-14(10-15(18)4-1-2-9-21)11-20-12-16-5-3-6-17(16)13-20/h7-8,10,16-17,21H,2-3,5-6,9,11-13H2. The summed E-state index contributed by atoms with van der Waals surface area (Å²) in [5, 5.41) is 8.73. The third kappa shape index (κ3) is 3.45. The number of aliphatic hydroxyl groups is 1. The fourth-order valence-corrected chi connectivity index (χ4v) is 3.70. The van der Waals surface area contributed by atoms with Gasteiger partial charge in [-0.15, -0.1) is 0 Å². The lowest BCUT2D eigenvalue weighted by atomic mass is 10.0. The van der Waals surface area contributed by atoms with Gasteiger partial charge >= 0.3 is 0 Å². The van der Waals surface area contributed by atoms with E-state index in [1.54, 1.807) is 0 Å². The highest BCUT2D eigenvalue weighted by Crippen LogP contribution is 2.38. The molecule has 1 aliphatic carbocycles. The van der Waals surface area contributed by atoms with Crippen LogP contribution in [0.1, 0.15) is 36.8 Å². The first-order valence-electron chi connectivity index (χ1n) is 7.87. The van der Waals surface area contributed by atoms with Crippen molar-refractivity contribution in [3.05, 3.63) is 35.1 Å². The average Bonchev–Trinajstić information content (AvgIpc) is 3.03. The topological polar surface area (TPSA) is 23.5 Å². The summed E-state index contributed by atoms with van der Waals surface area (Å²) in [7, 11) is 0. The molecule has 1 aromatic rings. The quantitative estimate of drug-likeness (QED) is 0.864. The highest BCUT2D eigenvalue weighted by atomic mass is 19.1. The molecule has 1 N–H and O–H groups in total. The Labute approximate surface area is 126 Å². The second-order valence-corrected chi connectivity index (χ2v) is 6.23. The molecular formula is C18H22FNO. The van der Waals surface area contributed by atoms with Crippen molar-refractivity contribution in [1.29, 1.82) is 0 Å². The summed E-state index contributed by atoms with van der Waals surface area (Å²) in [4.78, 5) is 2.49. The van der Waals surface area contributed by atoms with Crippen molar-refractivity contribution in [3.63, 3.8) is 0 Å². The normalized spacial score (nSPS) is 24.7. The lowest BCUT2D eigenvalue weighted by Crippen LogP contribution is -2.21. The summed E-state index contributed by atoms with van der Waals surface area (Å²) in [5.74, 6) is 7.10. The molecule has 1 heterocycles. The van der Waals surface area contributed by atoms with Crippen molar-refractivity contribution in [3.8, 4) is 11.8 Å². The molecule has 2 nitrogen and oxygen atoms in total. The number of benzene rings is 1. The minimum Gasteiger partial charge on any atom is -0.395 e. The molecule has 1 aromatic carbocycles. The summed E-state index contributed by atoms with van der Waals surface area (Å²) < 4.78 is 13.7. The third-order valence-electron chi connectivity index (χ3n) is 4.70. The van der Waals surface area contributed by atoms with E-state index in [1.165, 1.54) is 38.4 Å². The van der Waals surface area contributed by atoms with Gasteiger partial charge in [0.25, 0.3) is 0 Å². The zero-order valence-electron chi connectivity index (χ0n) is 12.3. The van der Waals surface area contributed by atoms with Crippen LogP contribution in [0.2, 0.25) is 0 Å². The number of hydrogen-bond acceptors (Lipinski definition) is 2. The van der Waals surface area contributed by atoms with Crippen LogP contribution in [0.4, 0.5) is 4.39 Å². The van der Waals surface area contributed by atoms with Crippen LogP contribution >= 0.6 is 0 Å². The zero-order chi connectivity index (χ0) is 14.7. The van der Waals surface area contributed by atoms with Gasteiger partial charge in [0.2, 0.25) is 0 Å². The first-order valence-corrected chi connectivity index (χ1v) is 7.87. The number of fused-ring (bicyclic) bond motifs is 1. The first-order chi connectivity index (χ1) is 10.3. The minimum atomic E-state index is -0.275. The van der Waals surface area contributed by atoms with Crippen LogP contribution in [0.15, 0.2) is 18.2 Å². The Kier molecular flexibility index (Phi) is 4.57. The highest BCUT2D eigenvalue weighted by Gasteiger charge is 2.35. The Morgan fingerprint density at radius 2 is 2.00 bits per heavy atom. The van der Waals surface area contributed by atoms with Crippen LogP contribution in [-0.2, 0) is 6.54 Å². The molecule has 0 bridgehead atoms. The van der Waals surface area contributed by atoms with Gasteiger partial charge in [-0.3, -0.25) is 4.90 Å². The summed E-state index contributed by atoms with van der Waals surface area (Å²) in [6, 6.07) is 5.23. The molecule has 2 aliphatic rings. The fraction of sp³-hybridized carbons (Fsp3) is 0.556. The number of nitrogens with zero attached hydrogens (tertiary/aromatic N) is 1. The Morgan fingerprint density at radius 3 is 2.71 bits per heavy atom. The lowest BCUT2D eigenvalue weighted by molar-refractivity contribution is 0.303. The number of halogens is 1. The lowest BCUT2D eigenvalue weighted by Gasteiger charge is -2.17. The molecular weight excluding hydrogens is 265 g/mol. The van der Waals surface area contributed by atoms with Crippen molar-refractivity contribution in [2.24, 2.45) is 11.8 Å². The first kappa shape index (κ1) is 14.6. The van der Waals surface area contributed by atoms with Crippen molar-refractivity contribution in [1.82, 2.24) is 4.90 Å². The van der Waals surface area contributed by atoms with Gasteiger partial charge < -0.3 is 5.11 Å². The molecule has 2 fully saturated rings. The van der Waals surface area contributed by atoms with Gasteiger partial charge in [-0.25, -0.2) is 4.39 Å². The second kappa shape index (κ2) is 6.60. The molecule has 0 spiro atoms. The molecule has 112 valence electrons.